The maximum Gasteiger partial charge on any atom is 0.0182 e. The molecular formula is C19H31Br. The molecule has 0 aromatic rings. The molecule has 0 heterocycles. The lowest BCUT2D eigenvalue weighted by molar-refractivity contribution is -0.0985. The van der Waals surface area contributed by atoms with Gasteiger partial charge in [0, 0.05) is 4.83 Å². The first-order valence-electron chi connectivity index (χ1n) is 9.19. The van der Waals surface area contributed by atoms with E-state index in [0.717, 1.165) is 28.5 Å². The van der Waals surface area contributed by atoms with Gasteiger partial charge in [-0.3, -0.25) is 0 Å². The molecule has 0 radical (unpaired) electrons. The van der Waals surface area contributed by atoms with Crippen LogP contribution in [0.25, 0.3) is 0 Å². The minimum Gasteiger partial charge on any atom is -0.0887 e. The molecule has 20 heavy (non-hydrogen) atoms. The van der Waals surface area contributed by atoms with Crippen LogP contribution in [0, 0.1) is 34.5 Å². The van der Waals surface area contributed by atoms with Crippen molar-refractivity contribution in [1.82, 2.24) is 0 Å². The number of alkyl halides is 1. The van der Waals surface area contributed by atoms with Crippen molar-refractivity contribution >= 4 is 15.9 Å². The van der Waals surface area contributed by atoms with Crippen LogP contribution in [0.1, 0.15) is 78.1 Å². The van der Waals surface area contributed by atoms with Crippen LogP contribution < -0.4 is 0 Å². The van der Waals surface area contributed by atoms with Crippen molar-refractivity contribution in [3.63, 3.8) is 0 Å². The fourth-order valence-corrected chi connectivity index (χ4v) is 8.59. The molecule has 0 amide bonds. The summed E-state index contributed by atoms with van der Waals surface area (Å²) in [6.45, 7) is 5.30. The van der Waals surface area contributed by atoms with E-state index in [2.05, 4.69) is 29.8 Å². The zero-order valence-corrected chi connectivity index (χ0v) is 14.9. The van der Waals surface area contributed by atoms with Gasteiger partial charge in [-0.15, -0.1) is 0 Å². The van der Waals surface area contributed by atoms with E-state index in [1.165, 1.54) is 57.8 Å². The fraction of sp³-hybridized carbons (Fsp3) is 1.00. The monoisotopic (exact) mass is 338 g/mol. The highest BCUT2D eigenvalue weighted by atomic mass is 79.9. The van der Waals surface area contributed by atoms with Crippen LogP contribution in [-0.2, 0) is 0 Å². The number of fused-ring (bicyclic) bond motifs is 5. The first-order chi connectivity index (χ1) is 9.55. The molecule has 7 atom stereocenters. The summed E-state index contributed by atoms with van der Waals surface area (Å²) in [5, 5.41) is 0. The Morgan fingerprint density at radius 1 is 0.800 bits per heavy atom. The third-order valence-electron chi connectivity index (χ3n) is 8.33. The van der Waals surface area contributed by atoms with Gasteiger partial charge in [-0.2, -0.15) is 0 Å². The van der Waals surface area contributed by atoms with E-state index in [9.17, 15) is 0 Å². The van der Waals surface area contributed by atoms with E-state index in [1.807, 2.05) is 0 Å². The van der Waals surface area contributed by atoms with Gasteiger partial charge in [0.1, 0.15) is 0 Å². The van der Waals surface area contributed by atoms with Gasteiger partial charge >= 0.3 is 0 Å². The minimum atomic E-state index is 0.666. The maximum absolute atomic E-state index is 4.14. The predicted molar refractivity (Wildman–Crippen MR) is 89.1 cm³/mol. The topological polar surface area (TPSA) is 0 Å². The molecule has 0 aromatic heterocycles. The summed E-state index contributed by atoms with van der Waals surface area (Å²) >= 11 is 4.14. The van der Waals surface area contributed by atoms with Crippen molar-refractivity contribution in [1.29, 1.82) is 0 Å². The molecule has 4 aliphatic carbocycles. The normalized spacial score (nSPS) is 58.6. The van der Waals surface area contributed by atoms with Crippen LogP contribution in [0.15, 0.2) is 0 Å². The lowest BCUT2D eigenvalue weighted by atomic mass is 9.45. The number of hydrogen-bond donors (Lipinski definition) is 0. The van der Waals surface area contributed by atoms with Gasteiger partial charge in [0.05, 0.1) is 0 Å². The highest BCUT2D eigenvalue weighted by Crippen LogP contribution is 2.66. The van der Waals surface area contributed by atoms with Crippen molar-refractivity contribution in [2.75, 3.05) is 0 Å². The molecule has 4 fully saturated rings. The smallest absolute Gasteiger partial charge is 0.0182 e. The van der Waals surface area contributed by atoms with E-state index < -0.39 is 0 Å². The summed E-state index contributed by atoms with van der Waals surface area (Å²) in [6, 6.07) is 0. The fourth-order valence-electron chi connectivity index (χ4n) is 7.29. The Hall–Kier alpha value is 0.480. The minimum absolute atomic E-state index is 0.666. The van der Waals surface area contributed by atoms with E-state index in [-0.39, 0.29) is 0 Å². The van der Waals surface area contributed by atoms with Crippen molar-refractivity contribution < 1.29 is 0 Å². The number of halogens is 1. The third kappa shape index (κ3) is 1.83. The molecule has 1 unspecified atom stereocenters. The SMILES string of the molecule is C[C@@]12CCC[C@H]1[C@@H]1C[C@H](Br)C3CCCC[C@]3(C)[C@H]1CC2. The summed E-state index contributed by atoms with van der Waals surface area (Å²) in [5.74, 6) is 4.13. The molecule has 0 spiro atoms. The zero-order chi connectivity index (χ0) is 14.0. The Morgan fingerprint density at radius 2 is 1.60 bits per heavy atom. The summed E-state index contributed by atoms with van der Waals surface area (Å²) in [6.07, 6.45) is 15.1. The second-order valence-electron chi connectivity index (χ2n) is 9.07. The second-order valence-corrected chi connectivity index (χ2v) is 10.2. The van der Waals surface area contributed by atoms with Gasteiger partial charge in [-0.25, -0.2) is 0 Å². The average molecular weight is 339 g/mol. The van der Waals surface area contributed by atoms with Crippen LogP contribution >= 0.6 is 15.9 Å². The number of rotatable bonds is 0. The Labute approximate surface area is 133 Å². The molecule has 0 aromatic carbocycles. The highest BCUT2D eigenvalue weighted by molar-refractivity contribution is 9.09. The Balaban J connectivity index is 1.68. The summed E-state index contributed by atoms with van der Waals surface area (Å²) < 4.78 is 0. The predicted octanol–water partition coefficient (Wildman–Crippen LogP) is 6.18. The van der Waals surface area contributed by atoms with Gasteiger partial charge in [0.15, 0.2) is 0 Å². The molecule has 114 valence electrons. The van der Waals surface area contributed by atoms with Crippen molar-refractivity contribution in [3.05, 3.63) is 0 Å². The third-order valence-corrected chi connectivity index (χ3v) is 9.34. The standard InChI is InChI=1S/C19H31Br/c1-18-9-5-7-14(18)13-12-17(20)16-6-3-4-10-19(16,2)15(13)8-11-18/h13-17H,3-12H2,1-2H3/t13-,14-,15-,16?,17-,18-,19+/m0/s1. The van der Waals surface area contributed by atoms with Crippen LogP contribution in [-0.4, -0.2) is 4.83 Å². The molecule has 4 saturated carbocycles. The van der Waals surface area contributed by atoms with E-state index in [0.29, 0.717) is 10.8 Å². The molecule has 4 aliphatic rings. The van der Waals surface area contributed by atoms with Crippen LogP contribution in [0.2, 0.25) is 0 Å². The Bertz CT molecular complexity index is 391. The molecular weight excluding hydrogens is 308 g/mol. The molecule has 0 aliphatic heterocycles. The quantitative estimate of drug-likeness (QED) is 0.462. The molecule has 0 saturated heterocycles. The van der Waals surface area contributed by atoms with Gasteiger partial charge in [0.25, 0.3) is 0 Å². The summed E-state index contributed by atoms with van der Waals surface area (Å²) in [7, 11) is 0. The maximum atomic E-state index is 4.14. The molecule has 0 bridgehead atoms. The van der Waals surface area contributed by atoms with Crippen molar-refractivity contribution in [2.45, 2.75) is 82.9 Å². The lowest BCUT2D eigenvalue weighted by Gasteiger charge is -2.61. The average Bonchev–Trinajstić information content (AvgIpc) is 2.81. The molecule has 0 nitrogen and oxygen atoms in total. The van der Waals surface area contributed by atoms with E-state index >= 15 is 0 Å². The van der Waals surface area contributed by atoms with Gasteiger partial charge in [0.2, 0.25) is 0 Å². The highest BCUT2D eigenvalue weighted by Gasteiger charge is 2.59. The zero-order valence-electron chi connectivity index (χ0n) is 13.3. The van der Waals surface area contributed by atoms with Gasteiger partial charge in [-0.05, 0) is 79.4 Å². The second kappa shape index (κ2) is 4.74. The first-order valence-corrected chi connectivity index (χ1v) is 10.1. The van der Waals surface area contributed by atoms with Crippen LogP contribution in [0.5, 0.6) is 0 Å². The van der Waals surface area contributed by atoms with Crippen molar-refractivity contribution in [2.24, 2.45) is 34.5 Å². The molecule has 4 rings (SSSR count). The number of hydrogen-bond acceptors (Lipinski definition) is 0. The largest absolute Gasteiger partial charge is 0.0887 e. The lowest BCUT2D eigenvalue weighted by Crippen LogP contribution is -2.55. The van der Waals surface area contributed by atoms with Gasteiger partial charge < -0.3 is 0 Å². The van der Waals surface area contributed by atoms with Crippen LogP contribution in [0.4, 0.5) is 0 Å². The summed E-state index contributed by atoms with van der Waals surface area (Å²) in [4.78, 5) is 0.817. The Morgan fingerprint density at radius 3 is 2.45 bits per heavy atom. The van der Waals surface area contributed by atoms with Crippen LogP contribution in [0.3, 0.4) is 0 Å². The van der Waals surface area contributed by atoms with Gasteiger partial charge in [-0.1, -0.05) is 49.0 Å². The van der Waals surface area contributed by atoms with E-state index in [4.69, 9.17) is 0 Å². The molecule has 0 N–H and O–H groups in total. The molecule has 1 heteroatoms. The Kier molecular flexibility index (Phi) is 3.34. The summed E-state index contributed by atoms with van der Waals surface area (Å²) in [5.41, 5.74) is 1.38. The van der Waals surface area contributed by atoms with E-state index in [1.54, 1.807) is 6.42 Å². The van der Waals surface area contributed by atoms with Crippen molar-refractivity contribution in [3.8, 4) is 0 Å². The first kappa shape index (κ1) is 14.1.